The van der Waals surface area contributed by atoms with Crippen LogP contribution < -0.4 is 33.1 Å². The van der Waals surface area contributed by atoms with E-state index in [1.54, 1.807) is 0 Å². The Kier molecular flexibility index (Phi) is 5.94. The molecule has 9 nitrogen and oxygen atoms in total. The van der Waals surface area contributed by atoms with E-state index in [1.165, 1.54) is 5.43 Å². The molecule has 3 rings (SSSR count). The van der Waals surface area contributed by atoms with Crippen molar-refractivity contribution in [2.75, 3.05) is 11.9 Å². The SMILES string of the molecule is Cc1cccc(NC2NC(ONC3=C([NH2+]N)C=CCC3)=NCC2C(N)=O)c1. The largest absolute Gasteiger partial charge is 0.369 e. The highest BCUT2D eigenvalue weighted by Crippen LogP contribution is 2.17. The minimum atomic E-state index is -0.498. The first-order valence-electron chi connectivity index (χ1n) is 8.88. The van der Waals surface area contributed by atoms with Crippen LogP contribution in [0.4, 0.5) is 5.69 Å². The van der Waals surface area contributed by atoms with Gasteiger partial charge in [-0.25, -0.2) is 15.9 Å². The van der Waals surface area contributed by atoms with Crippen molar-refractivity contribution in [1.29, 1.82) is 0 Å². The number of amides is 1. The number of allylic oxidation sites excluding steroid dienone is 3. The third-order valence-corrected chi connectivity index (χ3v) is 4.48. The molecular weight excluding hydrogens is 346 g/mol. The Morgan fingerprint density at radius 3 is 3.04 bits per heavy atom. The number of hydroxylamine groups is 1. The number of nitrogens with one attached hydrogen (secondary N) is 3. The van der Waals surface area contributed by atoms with E-state index in [2.05, 4.69) is 27.2 Å². The Labute approximate surface area is 157 Å². The third kappa shape index (κ3) is 4.78. The van der Waals surface area contributed by atoms with Gasteiger partial charge >= 0.3 is 6.02 Å². The highest BCUT2D eigenvalue weighted by atomic mass is 16.7. The van der Waals surface area contributed by atoms with E-state index >= 15 is 0 Å². The van der Waals surface area contributed by atoms with Crippen LogP contribution in [0.3, 0.4) is 0 Å². The molecule has 0 spiro atoms. The van der Waals surface area contributed by atoms with Crippen LogP contribution in [0.1, 0.15) is 18.4 Å². The fourth-order valence-electron chi connectivity index (χ4n) is 2.99. The molecule has 144 valence electrons. The van der Waals surface area contributed by atoms with E-state index in [4.69, 9.17) is 16.4 Å². The lowest BCUT2D eigenvalue weighted by atomic mass is 10.0. The molecule has 0 fully saturated rings. The Balaban J connectivity index is 1.68. The first kappa shape index (κ1) is 18.7. The molecular formula is C18H26N7O2+. The van der Waals surface area contributed by atoms with Gasteiger partial charge in [-0.05, 0) is 43.5 Å². The van der Waals surface area contributed by atoms with Crippen LogP contribution in [0.5, 0.6) is 0 Å². The maximum Gasteiger partial charge on any atom is 0.313 e. The number of primary amides is 1. The first-order valence-corrected chi connectivity index (χ1v) is 8.88. The van der Waals surface area contributed by atoms with Crippen molar-refractivity contribution in [2.45, 2.75) is 25.9 Å². The lowest BCUT2D eigenvalue weighted by Crippen LogP contribution is -2.89. The summed E-state index contributed by atoms with van der Waals surface area (Å²) in [5, 5.41) is 6.39. The molecule has 0 aromatic heterocycles. The average Bonchev–Trinajstić information content (AvgIpc) is 2.66. The monoisotopic (exact) mass is 372 g/mol. The third-order valence-electron chi connectivity index (χ3n) is 4.48. The number of quaternary nitrogens is 1. The topological polar surface area (TPSA) is 143 Å². The fraction of sp³-hybridized carbons (Fsp3) is 0.333. The predicted molar refractivity (Wildman–Crippen MR) is 102 cm³/mol. The Bertz CT molecular complexity index is 788. The first-order chi connectivity index (χ1) is 13.1. The molecule has 0 saturated heterocycles. The number of benzene rings is 1. The summed E-state index contributed by atoms with van der Waals surface area (Å²) in [6.45, 7) is 2.24. The molecule has 1 heterocycles. The number of anilines is 1. The van der Waals surface area contributed by atoms with Crippen molar-refractivity contribution in [3.63, 3.8) is 0 Å². The molecule has 0 bridgehead atoms. The molecule has 9 heteroatoms. The number of hydrogen-bond donors (Lipinski definition) is 6. The van der Waals surface area contributed by atoms with Crippen LogP contribution in [-0.2, 0) is 9.63 Å². The number of amidine groups is 1. The Morgan fingerprint density at radius 1 is 1.44 bits per heavy atom. The average molecular weight is 372 g/mol. The second-order valence-electron chi connectivity index (χ2n) is 6.54. The minimum Gasteiger partial charge on any atom is -0.369 e. The molecule has 9 N–H and O–H groups in total. The number of aryl methyl sites for hydroxylation is 1. The molecule has 2 atom stereocenters. The van der Waals surface area contributed by atoms with Gasteiger partial charge in [-0.2, -0.15) is 5.84 Å². The summed E-state index contributed by atoms with van der Waals surface area (Å²) in [6.07, 6.45) is 5.27. The van der Waals surface area contributed by atoms with Gasteiger partial charge in [0.25, 0.3) is 0 Å². The summed E-state index contributed by atoms with van der Waals surface area (Å²) < 4.78 is 0. The van der Waals surface area contributed by atoms with Crippen LogP contribution in [0.25, 0.3) is 0 Å². The zero-order valence-corrected chi connectivity index (χ0v) is 15.2. The van der Waals surface area contributed by atoms with Gasteiger partial charge in [0.15, 0.2) is 5.70 Å². The van der Waals surface area contributed by atoms with E-state index in [0.717, 1.165) is 35.5 Å². The Morgan fingerprint density at radius 2 is 2.30 bits per heavy atom. The van der Waals surface area contributed by atoms with Crippen molar-refractivity contribution in [2.24, 2.45) is 22.5 Å². The van der Waals surface area contributed by atoms with E-state index in [9.17, 15) is 4.79 Å². The number of hydrogen-bond acceptors (Lipinski definition) is 7. The van der Waals surface area contributed by atoms with Crippen LogP contribution in [0, 0.1) is 12.8 Å². The van der Waals surface area contributed by atoms with E-state index in [-0.39, 0.29) is 12.6 Å². The molecule has 1 aromatic rings. The fourth-order valence-corrected chi connectivity index (χ4v) is 2.99. The highest BCUT2D eigenvalue weighted by Gasteiger charge is 2.32. The number of nitrogens with zero attached hydrogens (tertiary/aromatic N) is 1. The van der Waals surface area contributed by atoms with Gasteiger partial charge in [0.1, 0.15) is 11.9 Å². The number of rotatable bonds is 6. The molecule has 1 amide bonds. The molecule has 0 saturated carbocycles. The van der Waals surface area contributed by atoms with Crippen LogP contribution in [0.2, 0.25) is 0 Å². The normalized spacial score (nSPS) is 21.9. The van der Waals surface area contributed by atoms with Gasteiger partial charge in [0, 0.05) is 5.69 Å². The molecule has 2 unspecified atom stereocenters. The Hall–Kier alpha value is -3.04. The molecule has 0 radical (unpaired) electrons. The lowest BCUT2D eigenvalue weighted by molar-refractivity contribution is -0.616. The predicted octanol–water partition coefficient (Wildman–Crippen LogP) is -0.686. The zero-order chi connectivity index (χ0) is 19.2. The van der Waals surface area contributed by atoms with Gasteiger partial charge in [-0.1, -0.05) is 18.2 Å². The van der Waals surface area contributed by atoms with E-state index in [0.29, 0.717) is 0 Å². The lowest BCUT2D eigenvalue weighted by Gasteiger charge is -2.31. The second kappa shape index (κ2) is 8.56. The van der Waals surface area contributed by atoms with Crippen molar-refractivity contribution in [3.8, 4) is 0 Å². The summed E-state index contributed by atoms with van der Waals surface area (Å²) >= 11 is 0. The standard InChI is InChI=1S/C18H25N7O2/c1-11-5-4-6-12(9-11)22-17-13(16(19)26)10-21-18(23-17)27-25-15-8-3-2-7-14(15)24-20/h2,4-7,9,13,17,22,24-25H,3,8,10,20H2,1H3,(H2,19,26)(H,21,23)/p+1. The number of carbonyl (C=O) groups is 1. The van der Waals surface area contributed by atoms with Crippen molar-refractivity contribution < 1.29 is 15.1 Å². The quantitative estimate of drug-likeness (QED) is 0.288. The number of nitrogens with two attached hydrogens (primary N) is 3. The van der Waals surface area contributed by atoms with Gasteiger partial charge in [0.2, 0.25) is 5.91 Å². The maximum absolute atomic E-state index is 11.8. The summed E-state index contributed by atoms with van der Waals surface area (Å²) in [4.78, 5) is 21.7. The molecule has 1 aromatic carbocycles. The zero-order valence-electron chi connectivity index (χ0n) is 15.2. The molecule has 1 aliphatic heterocycles. The second-order valence-corrected chi connectivity index (χ2v) is 6.54. The minimum absolute atomic E-state index is 0.234. The summed E-state index contributed by atoms with van der Waals surface area (Å²) in [5.41, 5.74) is 13.7. The number of carbonyl (C=O) groups excluding carboxylic acids is 1. The van der Waals surface area contributed by atoms with Crippen molar-refractivity contribution in [1.82, 2.24) is 10.8 Å². The summed E-state index contributed by atoms with van der Waals surface area (Å²) in [5.74, 6) is 4.71. The summed E-state index contributed by atoms with van der Waals surface area (Å²) in [6, 6.07) is 8.16. The van der Waals surface area contributed by atoms with Crippen LogP contribution in [-0.4, -0.2) is 24.6 Å². The van der Waals surface area contributed by atoms with Gasteiger partial charge in [-0.15, -0.1) is 0 Å². The molecule has 1 aliphatic carbocycles. The van der Waals surface area contributed by atoms with Crippen molar-refractivity contribution >= 4 is 17.6 Å². The highest BCUT2D eigenvalue weighted by molar-refractivity contribution is 5.82. The molecule has 2 aliphatic rings. The van der Waals surface area contributed by atoms with E-state index in [1.807, 2.05) is 37.3 Å². The maximum atomic E-state index is 11.8. The van der Waals surface area contributed by atoms with Crippen LogP contribution in [0.15, 0.2) is 52.8 Å². The van der Waals surface area contributed by atoms with Gasteiger partial charge < -0.3 is 21.2 Å². The van der Waals surface area contributed by atoms with Gasteiger partial charge in [-0.3, -0.25) is 4.79 Å². The molecule has 27 heavy (non-hydrogen) atoms. The smallest absolute Gasteiger partial charge is 0.313 e. The van der Waals surface area contributed by atoms with Crippen molar-refractivity contribution in [3.05, 3.63) is 53.4 Å². The summed E-state index contributed by atoms with van der Waals surface area (Å²) in [7, 11) is 0. The van der Waals surface area contributed by atoms with Gasteiger partial charge in [0.05, 0.1) is 12.5 Å². The van der Waals surface area contributed by atoms with Crippen LogP contribution >= 0.6 is 0 Å². The number of aliphatic imine (C=N–C) groups is 1. The van der Waals surface area contributed by atoms with E-state index < -0.39 is 18.0 Å².